The van der Waals surface area contributed by atoms with Crippen molar-refractivity contribution in [3.05, 3.63) is 58.6 Å². The number of hydrogen-bond donors (Lipinski definition) is 2. The van der Waals surface area contributed by atoms with Gasteiger partial charge in [-0.1, -0.05) is 11.6 Å². The smallest absolute Gasteiger partial charge is 0.270 e. The number of methoxy groups -OCH3 is 1. The molecule has 0 unspecified atom stereocenters. The maximum atomic E-state index is 13.8. The van der Waals surface area contributed by atoms with E-state index in [0.29, 0.717) is 24.7 Å². The lowest BCUT2D eigenvalue weighted by Gasteiger charge is -2.32. The van der Waals surface area contributed by atoms with E-state index in [2.05, 4.69) is 10.3 Å². The highest BCUT2D eigenvalue weighted by molar-refractivity contribution is 6.30. The van der Waals surface area contributed by atoms with Crippen LogP contribution in [0.2, 0.25) is 5.02 Å². The fraction of sp³-hybridized carbons (Fsp3) is 0.350. The zero-order valence-electron chi connectivity index (χ0n) is 16.1. The number of piperazine rings is 1. The standard InChI is InChI=1S/C20H22ClFN4O3/c1-29-18-3-2-14(10-16(18)22)13-25-6-8-26(9-7-25)19(27)12-24-20(28)17-11-15(21)4-5-23-17/h2-5,10-11H,6-9,12-13H2,1H3,(H,24,28)/p+1. The molecule has 0 bridgehead atoms. The van der Waals surface area contributed by atoms with Gasteiger partial charge in [-0.05, 0) is 30.3 Å². The Morgan fingerprint density at radius 3 is 2.69 bits per heavy atom. The fourth-order valence-corrected chi connectivity index (χ4v) is 3.40. The molecule has 2 aromatic rings. The number of quaternary nitrogens is 1. The summed E-state index contributed by atoms with van der Waals surface area (Å²) in [4.78, 5) is 31.4. The number of rotatable bonds is 6. The van der Waals surface area contributed by atoms with Gasteiger partial charge in [0.1, 0.15) is 12.2 Å². The number of ether oxygens (including phenoxy) is 1. The zero-order chi connectivity index (χ0) is 20.8. The molecule has 1 aliphatic rings. The van der Waals surface area contributed by atoms with E-state index >= 15 is 0 Å². The average Bonchev–Trinajstić information content (AvgIpc) is 2.72. The summed E-state index contributed by atoms with van der Waals surface area (Å²) in [5, 5.41) is 2.99. The zero-order valence-corrected chi connectivity index (χ0v) is 16.8. The van der Waals surface area contributed by atoms with Crippen LogP contribution in [0.3, 0.4) is 0 Å². The lowest BCUT2D eigenvalue weighted by molar-refractivity contribution is -0.917. The van der Waals surface area contributed by atoms with Crippen molar-refractivity contribution in [2.45, 2.75) is 6.54 Å². The van der Waals surface area contributed by atoms with Crippen LogP contribution in [0.1, 0.15) is 16.1 Å². The summed E-state index contributed by atoms with van der Waals surface area (Å²) in [7, 11) is 1.44. The number of hydrogen-bond acceptors (Lipinski definition) is 4. The third kappa shape index (κ3) is 5.65. The van der Waals surface area contributed by atoms with Crippen molar-refractivity contribution in [1.82, 2.24) is 15.2 Å². The van der Waals surface area contributed by atoms with Crippen molar-refractivity contribution in [3.8, 4) is 5.75 Å². The number of amides is 2. The Balaban J connectivity index is 1.44. The molecular weight excluding hydrogens is 399 g/mol. The summed E-state index contributed by atoms with van der Waals surface area (Å²) in [6.07, 6.45) is 1.44. The van der Waals surface area contributed by atoms with Gasteiger partial charge >= 0.3 is 0 Å². The van der Waals surface area contributed by atoms with Gasteiger partial charge in [-0.3, -0.25) is 14.6 Å². The molecule has 29 heavy (non-hydrogen) atoms. The second-order valence-corrected chi connectivity index (χ2v) is 7.25. The molecular formula is C20H23ClFN4O3+. The summed E-state index contributed by atoms with van der Waals surface area (Å²) in [6, 6.07) is 7.99. The monoisotopic (exact) mass is 421 g/mol. The number of aromatic nitrogens is 1. The molecule has 2 amide bonds. The summed E-state index contributed by atoms with van der Waals surface area (Å²) < 4.78 is 18.8. The van der Waals surface area contributed by atoms with Gasteiger partial charge in [-0.25, -0.2) is 4.39 Å². The van der Waals surface area contributed by atoms with E-state index in [1.807, 2.05) is 6.07 Å². The predicted octanol–water partition coefficient (Wildman–Crippen LogP) is 0.540. The summed E-state index contributed by atoms with van der Waals surface area (Å²) in [6.45, 7) is 3.26. The topological polar surface area (TPSA) is 76.0 Å². The highest BCUT2D eigenvalue weighted by atomic mass is 35.5. The Labute approximate surface area is 173 Å². The molecule has 0 aliphatic carbocycles. The first kappa shape index (κ1) is 21.0. The summed E-state index contributed by atoms with van der Waals surface area (Å²) in [5.74, 6) is -0.723. The van der Waals surface area contributed by atoms with E-state index in [0.717, 1.165) is 18.7 Å². The van der Waals surface area contributed by atoms with Gasteiger partial charge in [-0.2, -0.15) is 0 Å². The van der Waals surface area contributed by atoms with Crippen LogP contribution in [-0.4, -0.2) is 61.5 Å². The van der Waals surface area contributed by atoms with Crippen LogP contribution in [0, 0.1) is 5.82 Å². The SMILES string of the molecule is COc1ccc(C[NH+]2CCN(C(=O)CNC(=O)c3cc(Cl)ccn3)CC2)cc1F. The van der Waals surface area contributed by atoms with Crippen molar-refractivity contribution in [2.75, 3.05) is 39.8 Å². The molecule has 2 N–H and O–H groups in total. The second-order valence-electron chi connectivity index (χ2n) is 6.82. The van der Waals surface area contributed by atoms with Crippen LogP contribution in [-0.2, 0) is 11.3 Å². The Bertz CT molecular complexity index is 888. The second kappa shape index (κ2) is 9.67. The number of nitrogens with zero attached hydrogens (tertiary/aromatic N) is 2. The van der Waals surface area contributed by atoms with E-state index in [-0.39, 0.29) is 29.7 Å². The highest BCUT2D eigenvalue weighted by Gasteiger charge is 2.24. The molecule has 1 aromatic carbocycles. The van der Waals surface area contributed by atoms with Gasteiger partial charge in [0.2, 0.25) is 5.91 Å². The van der Waals surface area contributed by atoms with Crippen molar-refractivity contribution < 1.29 is 23.6 Å². The number of carbonyl (C=O) groups excluding carboxylic acids is 2. The third-order valence-electron chi connectivity index (χ3n) is 4.85. The maximum absolute atomic E-state index is 13.8. The van der Waals surface area contributed by atoms with Crippen molar-refractivity contribution in [1.29, 1.82) is 0 Å². The van der Waals surface area contributed by atoms with Gasteiger partial charge < -0.3 is 19.9 Å². The average molecular weight is 422 g/mol. The van der Waals surface area contributed by atoms with Crippen molar-refractivity contribution in [2.24, 2.45) is 0 Å². The molecule has 1 aliphatic heterocycles. The van der Waals surface area contributed by atoms with Crippen molar-refractivity contribution in [3.63, 3.8) is 0 Å². The summed E-state index contributed by atoms with van der Waals surface area (Å²) in [5.41, 5.74) is 1.06. The Kier molecular flexibility index (Phi) is 7.00. The molecule has 154 valence electrons. The number of carbonyl (C=O) groups is 2. The first-order chi connectivity index (χ1) is 14.0. The van der Waals surface area contributed by atoms with Gasteiger partial charge in [0.05, 0.1) is 39.8 Å². The van der Waals surface area contributed by atoms with E-state index in [9.17, 15) is 14.0 Å². The molecule has 2 heterocycles. The lowest BCUT2D eigenvalue weighted by atomic mass is 10.2. The minimum atomic E-state index is -0.438. The number of benzene rings is 1. The van der Waals surface area contributed by atoms with Crippen LogP contribution in [0.25, 0.3) is 0 Å². The summed E-state index contributed by atoms with van der Waals surface area (Å²) >= 11 is 5.84. The van der Waals surface area contributed by atoms with E-state index in [4.69, 9.17) is 16.3 Å². The third-order valence-corrected chi connectivity index (χ3v) is 5.08. The Morgan fingerprint density at radius 1 is 1.28 bits per heavy atom. The van der Waals surface area contributed by atoms with E-state index < -0.39 is 5.91 Å². The van der Waals surface area contributed by atoms with Crippen LogP contribution in [0.5, 0.6) is 5.75 Å². The van der Waals surface area contributed by atoms with Crippen LogP contribution in [0.4, 0.5) is 4.39 Å². The predicted molar refractivity (Wildman–Crippen MR) is 106 cm³/mol. The molecule has 1 aromatic heterocycles. The maximum Gasteiger partial charge on any atom is 0.270 e. The fourth-order valence-electron chi connectivity index (χ4n) is 3.24. The number of pyridine rings is 1. The van der Waals surface area contributed by atoms with Gasteiger partial charge in [0.15, 0.2) is 11.6 Å². The normalized spacial score (nSPS) is 14.5. The molecule has 0 atom stereocenters. The van der Waals surface area contributed by atoms with E-state index in [1.54, 1.807) is 17.0 Å². The molecule has 9 heteroatoms. The Morgan fingerprint density at radius 2 is 2.03 bits per heavy atom. The van der Waals surface area contributed by atoms with Crippen LogP contribution < -0.4 is 15.0 Å². The van der Waals surface area contributed by atoms with E-state index in [1.165, 1.54) is 30.3 Å². The van der Waals surface area contributed by atoms with Crippen LogP contribution >= 0.6 is 11.6 Å². The largest absolute Gasteiger partial charge is 0.494 e. The Hall–Kier alpha value is -2.71. The molecule has 0 radical (unpaired) electrons. The van der Waals surface area contributed by atoms with Gasteiger partial charge in [0.25, 0.3) is 5.91 Å². The molecule has 3 rings (SSSR count). The minimum Gasteiger partial charge on any atom is -0.494 e. The number of nitrogens with one attached hydrogen (secondary N) is 2. The van der Waals surface area contributed by atoms with Crippen LogP contribution in [0.15, 0.2) is 36.5 Å². The molecule has 0 saturated carbocycles. The molecule has 0 spiro atoms. The molecule has 1 fully saturated rings. The first-order valence-corrected chi connectivity index (χ1v) is 9.67. The molecule has 7 nitrogen and oxygen atoms in total. The number of halogens is 2. The quantitative estimate of drug-likeness (QED) is 0.714. The molecule has 1 saturated heterocycles. The van der Waals surface area contributed by atoms with Gasteiger partial charge in [0, 0.05) is 16.8 Å². The first-order valence-electron chi connectivity index (χ1n) is 9.30. The lowest BCUT2D eigenvalue weighted by Crippen LogP contribution is -3.13. The van der Waals surface area contributed by atoms with Crippen molar-refractivity contribution >= 4 is 23.4 Å². The minimum absolute atomic E-state index is 0.0912. The highest BCUT2D eigenvalue weighted by Crippen LogP contribution is 2.17. The van der Waals surface area contributed by atoms with Gasteiger partial charge in [-0.15, -0.1) is 0 Å².